The number of rotatable bonds is 11. The van der Waals surface area contributed by atoms with Gasteiger partial charge in [0.2, 0.25) is 0 Å². The number of ether oxygens (including phenoxy) is 2. The number of carboxylic acids is 1. The van der Waals surface area contributed by atoms with Crippen molar-refractivity contribution < 1.29 is 59.6 Å². The van der Waals surface area contributed by atoms with E-state index in [1.54, 1.807) is 0 Å². The van der Waals surface area contributed by atoms with Gasteiger partial charge in [-0.15, -0.1) is 0 Å². The highest BCUT2D eigenvalue weighted by Gasteiger charge is 2.52. The van der Waals surface area contributed by atoms with Gasteiger partial charge in [0.1, 0.15) is 19.3 Å². The van der Waals surface area contributed by atoms with E-state index in [0.717, 1.165) is 12.2 Å². The van der Waals surface area contributed by atoms with Crippen LogP contribution in [0.15, 0.2) is 48.6 Å². The van der Waals surface area contributed by atoms with E-state index >= 15 is 0 Å². The zero-order chi connectivity index (χ0) is 28.7. The molecule has 12 heteroatoms. The Hall–Kier alpha value is -4.23. The van der Waals surface area contributed by atoms with Crippen LogP contribution in [0.1, 0.15) is 24.0 Å². The average Bonchev–Trinajstić information content (AvgIpc) is 2.88. The lowest BCUT2D eigenvalue weighted by Gasteiger charge is -2.42. The van der Waals surface area contributed by atoms with Crippen molar-refractivity contribution in [3.05, 3.63) is 59.7 Å². The fourth-order valence-electron chi connectivity index (χ4n) is 3.97. The third kappa shape index (κ3) is 7.65. The molecule has 12 nitrogen and oxygen atoms in total. The molecular formula is C27H28O12. The van der Waals surface area contributed by atoms with E-state index in [0.29, 0.717) is 11.1 Å². The first-order chi connectivity index (χ1) is 18.4. The number of aliphatic carboxylic acids is 1. The van der Waals surface area contributed by atoms with E-state index < -0.39 is 67.5 Å². The predicted octanol–water partition coefficient (Wildman–Crippen LogP) is 1.11. The normalized spacial score (nSPS) is 23.3. The molecule has 1 saturated carbocycles. The van der Waals surface area contributed by atoms with E-state index in [2.05, 4.69) is 0 Å². The van der Waals surface area contributed by atoms with Crippen molar-refractivity contribution in [1.29, 1.82) is 0 Å². The van der Waals surface area contributed by atoms with Gasteiger partial charge in [-0.1, -0.05) is 24.3 Å². The van der Waals surface area contributed by atoms with Crippen LogP contribution in [0, 0.1) is 0 Å². The SMILES string of the molecule is O=C(C=Cc1ccc(O)c(O)c1)COC1[C@H](O)CC(OCC(=O)C=Cc2ccc(O)c(O)c2)(C(=O)O)C[C@H]1O. The van der Waals surface area contributed by atoms with Crippen LogP contribution in [-0.2, 0) is 23.9 Å². The van der Waals surface area contributed by atoms with Crippen LogP contribution in [0.3, 0.4) is 0 Å². The molecule has 0 saturated heterocycles. The third-order valence-electron chi connectivity index (χ3n) is 6.06. The minimum Gasteiger partial charge on any atom is -0.504 e. The molecule has 0 heterocycles. The van der Waals surface area contributed by atoms with E-state index in [1.165, 1.54) is 48.6 Å². The van der Waals surface area contributed by atoms with Crippen LogP contribution in [0.25, 0.3) is 12.2 Å². The summed E-state index contributed by atoms with van der Waals surface area (Å²) in [5.41, 5.74) is -1.28. The van der Waals surface area contributed by atoms with Gasteiger partial charge in [0.25, 0.3) is 0 Å². The van der Waals surface area contributed by atoms with Crippen LogP contribution >= 0.6 is 0 Å². The Morgan fingerprint density at radius 2 is 1.23 bits per heavy atom. The lowest BCUT2D eigenvalue weighted by atomic mass is 9.79. The summed E-state index contributed by atoms with van der Waals surface area (Å²) in [5, 5.41) is 68.5. The molecule has 208 valence electrons. The van der Waals surface area contributed by atoms with E-state index in [1.807, 2.05) is 0 Å². The highest BCUT2D eigenvalue weighted by Crippen LogP contribution is 2.34. The molecular weight excluding hydrogens is 516 g/mol. The highest BCUT2D eigenvalue weighted by molar-refractivity contribution is 5.95. The Morgan fingerprint density at radius 3 is 1.67 bits per heavy atom. The van der Waals surface area contributed by atoms with Crippen LogP contribution in [0.4, 0.5) is 0 Å². The van der Waals surface area contributed by atoms with Gasteiger partial charge >= 0.3 is 5.97 Å². The number of carboxylic acid groups (broad SMARTS) is 1. The molecule has 1 aliphatic carbocycles. The first kappa shape index (κ1) is 29.3. The maximum Gasteiger partial charge on any atom is 0.336 e. The lowest BCUT2D eigenvalue weighted by molar-refractivity contribution is -0.206. The molecule has 2 aromatic carbocycles. The number of ketones is 2. The van der Waals surface area contributed by atoms with Crippen LogP contribution < -0.4 is 0 Å². The van der Waals surface area contributed by atoms with Gasteiger partial charge in [0.05, 0.1) is 12.2 Å². The molecule has 0 spiro atoms. The van der Waals surface area contributed by atoms with Crippen molar-refractivity contribution >= 4 is 29.7 Å². The smallest absolute Gasteiger partial charge is 0.336 e. The molecule has 39 heavy (non-hydrogen) atoms. The topological polar surface area (TPSA) is 211 Å². The molecule has 0 radical (unpaired) electrons. The summed E-state index contributed by atoms with van der Waals surface area (Å²) in [6.07, 6.45) is -0.525. The Balaban J connectivity index is 1.56. The summed E-state index contributed by atoms with van der Waals surface area (Å²) < 4.78 is 10.7. The Bertz CT molecular complexity index is 1270. The fourth-order valence-corrected chi connectivity index (χ4v) is 3.97. The molecule has 0 unspecified atom stereocenters. The number of aromatic hydroxyl groups is 4. The number of aliphatic hydroxyl groups is 2. The average molecular weight is 545 g/mol. The Morgan fingerprint density at radius 1 is 0.769 bits per heavy atom. The first-order valence-corrected chi connectivity index (χ1v) is 11.7. The van der Waals surface area contributed by atoms with Crippen molar-refractivity contribution in [2.24, 2.45) is 0 Å². The fraction of sp³-hybridized carbons (Fsp3) is 0.296. The number of hydrogen-bond acceptors (Lipinski definition) is 11. The number of carbonyl (C=O) groups is 3. The lowest BCUT2D eigenvalue weighted by Crippen LogP contribution is -2.58. The maximum absolute atomic E-state index is 12.2. The molecule has 1 aliphatic rings. The molecule has 0 amide bonds. The van der Waals surface area contributed by atoms with E-state index in [-0.39, 0.29) is 23.0 Å². The third-order valence-corrected chi connectivity index (χ3v) is 6.06. The zero-order valence-corrected chi connectivity index (χ0v) is 20.5. The summed E-state index contributed by atoms with van der Waals surface area (Å²) >= 11 is 0. The van der Waals surface area contributed by atoms with E-state index in [4.69, 9.17) is 9.47 Å². The molecule has 2 aromatic rings. The van der Waals surface area contributed by atoms with Gasteiger partial charge in [-0.05, 0) is 47.5 Å². The van der Waals surface area contributed by atoms with Crippen LogP contribution in [0.5, 0.6) is 23.0 Å². The summed E-state index contributed by atoms with van der Waals surface area (Å²) in [5.74, 6) is -4.10. The minimum atomic E-state index is -2.09. The van der Waals surface area contributed by atoms with Crippen LogP contribution in [-0.4, -0.2) is 90.4 Å². The summed E-state index contributed by atoms with van der Waals surface area (Å²) in [6.45, 7) is -1.23. The molecule has 3 rings (SSSR count). The Kier molecular flexibility index (Phi) is 9.43. The number of benzene rings is 2. The second kappa shape index (κ2) is 12.5. The summed E-state index contributed by atoms with van der Waals surface area (Å²) in [4.78, 5) is 36.4. The van der Waals surface area contributed by atoms with Gasteiger partial charge in [0, 0.05) is 12.8 Å². The van der Waals surface area contributed by atoms with Crippen LogP contribution in [0.2, 0.25) is 0 Å². The molecule has 0 aliphatic heterocycles. The van der Waals surface area contributed by atoms with E-state index in [9.17, 15) is 50.1 Å². The second-order valence-electron chi connectivity index (χ2n) is 9.00. The monoisotopic (exact) mass is 544 g/mol. The highest BCUT2D eigenvalue weighted by atomic mass is 16.5. The van der Waals surface area contributed by atoms with Crippen molar-refractivity contribution in [2.45, 2.75) is 36.8 Å². The minimum absolute atomic E-state index is 0.320. The van der Waals surface area contributed by atoms with Gasteiger partial charge in [-0.2, -0.15) is 0 Å². The standard InChI is InChI=1S/C27H28O12/c28-17(5-1-15-3-7-19(30)21(32)9-15)13-38-25-23(34)11-27(26(36)37,12-24(25)35)39-14-18(29)6-2-16-4-8-20(31)22(33)10-16/h1-10,23-25,30-35H,11-14H2,(H,36,37)/t23-,24-,25?,27?/m1/s1. The Labute approximate surface area is 222 Å². The predicted molar refractivity (Wildman–Crippen MR) is 135 cm³/mol. The van der Waals surface area contributed by atoms with Crippen molar-refractivity contribution in [2.75, 3.05) is 13.2 Å². The zero-order valence-electron chi connectivity index (χ0n) is 20.5. The molecule has 2 atom stereocenters. The largest absolute Gasteiger partial charge is 0.504 e. The number of phenols is 4. The van der Waals surface area contributed by atoms with Gasteiger partial charge < -0.3 is 45.2 Å². The maximum atomic E-state index is 12.2. The number of carbonyl (C=O) groups excluding carboxylic acids is 2. The summed E-state index contributed by atoms with van der Waals surface area (Å²) in [7, 11) is 0. The molecule has 0 aromatic heterocycles. The molecule has 1 fully saturated rings. The molecule has 7 N–H and O–H groups in total. The number of hydrogen-bond donors (Lipinski definition) is 7. The van der Waals surface area contributed by atoms with Crippen molar-refractivity contribution in [3.63, 3.8) is 0 Å². The number of aliphatic hydroxyl groups excluding tert-OH is 2. The summed E-state index contributed by atoms with van der Waals surface area (Å²) in [6, 6.07) is 7.81. The van der Waals surface area contributed by atoms with Gasteiger partial charge in [-0.25, -0.2) is 4.79 Å². The quantitative estimate of drug-likeness (QED) is 0.157. The van der Waals surface area contributed by atoms with Crippen molar-refractivity contribution in [1.82, 2.24) is 0 Å². The van der Waals surface area contributed by atoms with Gasteiger partial charge in [-0.3, -0.25) is 9.59 Å². The molecule has 0 bridgehead atoms. The first-order valence-electron chi connectivity index (χ1n) is 11.7. The number of phenolic OH excluding ortho intramolecular Hbond substituents is 4. The second-order valence-corrected chi connectivity index (χ2v) is 9.00. The van der Waals surface area contributed by atoms with Gasteiger partial charge in [0.15, 0.2) is 40.2 Å². The van der Waals surface area contributed by atoms with Crippen molar-refractivity contribution in [3.8, 4) is 23.0 Å².